The number of carbonyl (C=O) groups is 2. The van der Waals surface area contributed by atoms with Crippen LogP contribution in [0.3, 0.4) is 0 Å². The van der Waals surface area contributed by atoms with Crippen LogP contribution in [0.1, 0.15) is 11.3 Å². The minimum absolute atomic E-state index is 0.198. The number of nitrogens with zero attached hydrogens (tertiary/aromatic N) is 1. The summed E-state index contributed by atoms with van der Waals surface area (Å²) >= 11 is 0. The van der Waals surface area contributed by atoms with Gasteiger partial charge in [-0.25, -0.2) is 0 Å². The molecule has 6 nitrogen and oxygen atoms in total. The predicted molar refractivity (Wildman–Crippen MR) is 90.2 cm³/mol. The molecule has 3 aromatic rings. The molecule has 0 aliphatic carbocycles. The number of benzene rings is 1. The number of furan rings is 1. The standard InChI is InChI=1S/C18H19N3O3/c1-21-9-7-14-11-13(4-5-16(14)21)6-8-19-17(22)18(23)20-12-15-3-2-10-24-15/h2-5,7,9-11H,6,8,12H2,1H3,(H,19,22)(H,20,23). The summed E-state index contributed by atoms with van der Waals surface area (Å²) in [7, 11) is 2.00. The number of rotatable bonds is 5. The first kappa shape index (κ1) is 15.9. The van der Waals surface area contributed by atoms with E-state index in [-0.39, 0.29) is 6.54 Å². The van der Waals surface area contributed by atoms with Gasteiger partial charge in [-0.1, -0.05) is 6.07 Å². The van der Waals surface area contributed by atoms with E-state index in [1.807, 2.05) is 19.3 Å². The molecule has 1 aromatic carbocycles. The quantitative estimate of drug-likeness (QED) is 0.702. The lowest BCUT2D eigenvalue weighted by Crippen LogP contribution is -2.40. The average Bonchev–Trinajstić information content (AvgIpc) is 3.22. The van der Waals surface area contributed by atoms with Crippen molar-refractivity contribution in [3.63, 3.8) is 0 Å². The molecule has 0 bridgehead atoms. The number of amides is 2. The molecule has 6 heteroatoms. The molecule has 0 aliphatic heterocycles. The smallest absolute Gasteiger partial charge is 0.309 e. The van der Waals surface area contributed by atoms with E-state index in [4.69, 9.17) is 4.42 Å². The fourth-order valence-electron chi connectivity index (χ4n) is 2.55. The highest BCUT2D eigenvalue weighted by molar-refractivity contribution is 6.35. The van der Waals surface area contributed by atoms with Crippen molar-refractivity contribution in [2.75, 3.05) is 6.54 Å². The largest absolute Gasteiger partial charge is 0.467 e. The third kappa shape index (κ3) is 3.65. The molecule has 2 heterocycles. The van der Waals surface area contributed by atoms with Gasteiger partial charge in [0.05, 0.1) is 12.8 Å². The molecule has 0 unspecified atom stereocenters. The van der Waals surface area contributed by atoms with Crippen molar-refractivity contribution in [3.05, 3.63) is 60.2 Å². The van der Waals surface area contributed by atoms with Gasteiger partial charge < -0.3 is 19.6 Å². The lowest BCUT2D eigenvalue weighted by Gasteiger charge is -2.06. The van der Waals surface area contributed by atoms with Gasteiger partial charge in [0.1, 0.15) is 5.76 Å². The fraction of sp³-hybridized carbons (Fsp3) is 0.222. The van der Waals surface area contributed by atoms with Crippen molar-refractivity contribution < 1.29 is 14.0 Å². The topological polar surface area (TPSA) is 76.3 Å². The van der Waals surface area contributed by atoms with E-state index < -0.39 is 11.8 Å². The highest BCUT2D eigenvalue weighted by Gasteiger charge is 2.12. The predicted octanol–water partition coefficient (Wildman–Crippen LogP) is 1.75. The lowest BCUT2D eigenvalue weighted by atomic mass is 10.1. The maximum atomic E-state index is 11.8. The average molecular weight is 325 g/mol. The molecule has 0 fully saturated rings. The maximum Gasteiger partial charge on any atom is 0.309 e. The van der Waals surface area contributed by atoms with Gasteiger partial charge in [0.25, 0.3) is 0 Å². The zero-order valence-corrected chi connectivity index (χ0v) is 13.4. The van der Waals surface area contributed by atoms with Gasteiger partial charge in [-0.15, -0.1) is 0 Å². The zero-order chi connectivity index (χ0) is 16.9. The lowest BCUT2D eigenvalue weighted by molar-refractivity contribution is -0.139. The van der Waals surface area contributed by atoms with Crippen LogP contribution in [0.25, 0.3) is 10.9 Å². The highest BCUT2D eigenvalue weighted by atomic mass is 16.3. The molecule has 0 radical (unpaired) electrons. The molecule has 3 rings (SSSR count). The fourth-order valence-corrected chi connectivity index (χ4v) is 2.55. The molecule has 124 valence electrons. The molecule has 24 heavy (non-hydrogen) atoms. The number of hydrogen-bond acceptors (Lipinski definition) is 3. The third-order valence-corrected chi connectivity index (χ3v) is 3.86. The Morgan fingerprint density at radius 3 is 2.75 bits per heavy atom. The number of nitrogens with one attached hydrogen (secondary N) is 2. The molecule has 0 saturated heterocycles. The van der Waals surface area contributed by atoms with Crippen LogP contribution < -0.4 is 10.6 Å². The summed E-state index contributed by atoms with van der Waals surface area (Å²) in [5.41, 5.74) is 2.28. The SMILES string of the molecule is Cn1ccc2cc(CCNC(=O)C(=O)NCc3ccco3)ccc21. The van der Waals surface area contributed by atoms with Gasteiger partial charge in [0, 0.05) is 25.3 Å². The van der Waals surface area contributed by atoms with Gasteiger partial charge >= 0.3 is 11.8 Å². The van der Waals surface area contributed by atoms with Crippen LogP contribution >= 0.6 is 0 Å². The van der Waals surface area contributed by atoms with E-state index in [0.29, 0.717) is 18.7 Å². The number of aromatic nitrogens is 1. The summed E-state index contributed by atoms with van der Waals surface area (Å²) in [6, 6.07) is 11.7. The molecule has 0 atom stereocenters. The maximum absolute atomic E-state index is 11.8. The van der Waals surface area contributed by atoms with Crippen LogP contribution in [0.2, 0.25) is 0 Å². The van der Waals surface area contributed by atoms with Crippen LogP contribution in [0.15, 0.2) is 53.3 Å². The van der Waals surface area contributed by atoms with E-state index >= 15 is 0 Å². The van der Waals surface area contributed by atoms with Crippen LogP contribution in [0.4, 0.5) is 0 Å². The van der Waals surface area contributed by atoms with E-state index in [2.05, 4.69) is 33.4 Å². The minimum atomic E-state index is -0.662. The van der Waals surface area contributed by atoms with Crippen molar-refractivity contribution in [2.45, 2.75) is 13.0 Å². The van der Waals surface area contributed by atoms with Crippen molar-refractivity contribution in [1.82, 2.24) is 15.2 Å². The number of hydrogen-bond donors (Lipinski definition) is 2. The Bertz CT molecular complexity index is 850. The summed E-state index contributed by atoms with van der Waals surface area (Å²) in [4.78, 5) is 23.4. The Labute approximate surface area is 139 Å². The zero-order valence-electron chi connectivity index (χ0n) is 13.4. The second kappa shape index (κ2) is 7.04. The van der Waals surface area contributed by atoms with Crippen LogP contribution in [-0.4, -0.2) is 22.9 Å². The van der Waals surface area contributed by atoms with Gasteiger partial charge in [0.15, 0.2) is 0 Å². The van der Waals surface area contributed by atoms with Gasteiger partial charge in [-0.3, -0.25) is 9.59 Å². The number of carbonyl (C=O) groups excluding carboxylic acids is 2. The Balaban J connectivity index is 1.46. The second-order valence-electron chi connectivity index (χ2n) is 5.59. The third-order valence-electron chi connectivity index (χ3n) is 3.86. The van der Waals surface area contributed by atoms with Crippen molar-refractivity contribution >= 4 is 22.7 Å². The van der Waals surface area contributed by atoms with E-state index in [0.717, 1.165) is 10.9 Å². The van der Waals surface area contributed by atoms with E-state index in [1.54, 1.807) is 12.1 Å². The minimum Gasteiger partial charge on any atom is -0.467 e. The summed E-state index contributed by atoms with van der Waals surface area (Å²) < 4.78 is 7.15. The molecule has 0 spiro atoms. The van der Waals surface area contributed by atoms with Crippen LogP contribution in [0.5, 0.6) is 0 Å². The summed E-state index contributed by atoms with van der Waals surface area (Å²) in [5.74, 6) is -0.695. The molecular weight excluding hydrogens is 306 g/mol. The van der Waals surface area contributed by atoms with Crippen molar-refractivity contribution in [2.24, 2.45) is 7.05 Å². The summed E-state index contributed by atoms with van der Waals surface area (Å²) in [6.45, 7) is 0.606. The van der Waals surface area contributed by atoms with Crippen LogP contribution in [-0.2, 0) is 29.6 Å². The first-order valence-corrected chi connectivity index (χ1v) is 7.76. The second-order valence-corrected chi connectivity index (χ2v) is 5.59. The summed E-state index contributed by atoms with van der Waals surface area (Å²) in [6.07, 6.45) is 4.20. The normalized spacial score (nSPS) is 10.7. The molecule has 0 aliphatic rings. The van der Waals surface area contributed by atoms with E-state index in [9.17, 15) is 9.59 Å². The number of aryl methyl sites for hydroxylation is 1. The molecular formula is C18H19N3O3. The Morgan fingerprint density at radius 1 is 1.12 bits per heavy atom. The van der Waals surface area contributed by atoms with Gasteiger partial charge in [-0.05, 0) is 47.7 Å². The molecule has 0 saturated carbocycles. The van der Waals surface area contributed by atoms with Crippen molar-refractivity contribution in [3.8, 4) is 0 Å². The first-order chi connectivity index (χ1) is 11.6. The first-order valence-electron chi connectivity index (χ1n) is 7.76. The molecule has 2 amide bonds. The summed E-state index contributed by atoms with van der Waals surface area (Å²) in [5, 5.41) is 6.30. The van der Waals surface area contributed by atoms with Crippen molar-refractivity contribution in [1.29, 1.82) is 0 Å². The van der Waals surface area contributed by atoms with Crippen LogP contribution in [0, 0.1) is 0 Å². The monoisotopic (exact) mass is 325 g/mol. The number of fused-ring (bicyclic) bond motifs is 1. The highest BCUT2D eigenvalue weighted by Crippen LogP contribution is 2.16. The molecule has 2 aromatic heterocycles. The Hall–Kier alpha value is -3.02. The van der Waals surface area contributed by atoms with Gasteiger partial charge in [0.2, 0.25) is 0 Å². The Morgan fingerprint density at radius 2 is 1.96 bits per heavy atom. The van der Waals surface area contributed by atoms with E-state index in [1.165, 1.54) is 11.8 Å². The molecule has 2 N–H and O–H groups in total. The Kier molecular flexibility index (Phi) is 4.65. The van der Waals surface area contributed by atoms with Gasteiger partial charge in [-0.2, -0.15) is 0 Å².